The lowest BCUT2D eigenvalue weighted by molar-refractivity contribution is 0.284. The van der Waals surface area contributed by atoms with E-state index in [1.54, 1.807) is 0 Å². The molecule has 0 spiro atoms. The summed E-state index contributed by atoms with van der Waals surface area (Å²) in [7, 11) is 0. The largest absolute Gasteiger partial charge is 0.391 e. The summed E-state index contributed by atoms with van der Waals surface area (Å²) in [5.41, 5.74) is 1.80. The molecular weight excluding hydrogens is 230 g/mol. The predicted molar refractivity (Wildman–Crippen MR) is 63.2 cm³/mol. The van der Waals surface area contributed by atoms with Gasteiger partial charge < -0.3 is 5.11 Å². The van der Waals surface area contributed by atoms with E-state index in [-0.39, 0.29) is 6.61 Å². The highest BCUT2D eigenvalue weighted by Gasteiger charge is 2.10. The van der Waals surface area contributed by atoms with Crippen LogP contribution in [-0.4, -0.2) is 10.1 Å². The Morgan fingerprint density at radius 2 is 2.13 bits per heavy atom. The van der Waals surface area contributed by atoms with Crippen molar-refractivity contribution >= 4 is 22.9 Å². The second kappa shape index (κ2) is 4.31. The molecule has 0 aliphatic rings. The van der Waals surface area contributed by atoms with Crippen LogP contribution in [0.4, 0.5) is 0 Å². The first-order valence-electron chi connectivity index (χ1n) is 4.54. The molecule has 2 nitrogen and oxygen atoms in total. The van der Waals surface area contributed by atoms with Crippen molar-refractivity contribution in [1.29, 1.82) is 0 Å². The lowest BCUT2D eigenvalue weighted by Crippen LogP contribution is -1.81. The lowest BCUT2D eigenvalue weighted by atomic mass is 10.2. The van der Waals surface area contributed by atoms with Crippen molar-refractivity contribution in [3.63, 3.8) is 0 Å². The van der Waals surface area contributed by atoms with E-state index in [1.807, 2.05) is 31.2 Å². The second-order valence-electron chi connectivity index (χ2n) is 3.17. The fraction of sp³-hybridized carbons (Fsp3) is 0.182. The van der Waals surface area contributed by atoms with Crippen molar-refractivity contribution in [2.45, 2.75) is 13.5 Å². The zero-order valence-electron chi connectivity index (χ0n) is 8.20. The molecule has 0 aliphatic carbocycles. The normalized spacial score (nSPS) is 10.6. The molecule has 2 aromatic rings. The average Bonchev–Trinajstić information content (AvgIpc) is 2.60. The van der Waals surface area contributed by atoms with Crippen LogP contribution in [0.5, 0.6) is 0 Å². The molecule has 0 fully saturated rings. The Morgan fingerprint density at radius 1 is 1.40 bits per heavy atom. The van der Waals surface area contributed by atoms with Gasteiger partial charge in [0.25, 0.3) is 0 Å². The van der Waals surface area contributed by atoms with Gasteiger partial charge in [0.05, 0.1) is 22.2 Å². The van der Waals surface area contributed by atoms with Crippen LogP contribution >= 0.6 is 22.9 Å². The van der Waals surface area contributed by atoms with Gasteiger partial charge in [0.1, 0.15) is 5.01 Å². The van der Waals surface area contributed by atoms with E-state index in [0.29, 0.717) is 5.02 Å². The van der Waals surface area contributed by atoms with Crippen LogP contribution in [0.15, 0.2) is 24.3 Å². The van der Waals surface area contributed by atoms with Gasteiger partial charge >= 0.3 is 0 Å². The summed E-state index contributed by atoms with van der Waals surface area (Å²) in [5, 5.41) is 10.6. The molecule has 4 heteroatoms. The maximum atomic E-state index is 9.09. The quantitative estimate of drug-likeness (QED) is 0.873. The summed E-state index contributed by atoms with van der Waals surface area (Å²) in [6.07, 6.45) is 0. The van der Waals surface area contributed by atoms with Crippen LogP contribution in [0.1, 0.15) is 10.6 Å². The van der Waals surface area contributed by atoms with Crippen molar-refractivity contribution in [3.05, 3.63) is 39.9 Å². The number of aryl methyl sites for hydroxylation is 1. The molecule has 78 valence electrons. The Balaban J connectivity index is 2.50. The van der Waals surface area contributed by atoms with Gasteiger partial charge in [-0.1, -0.05) is 29.8 Å². The third kappa shape index (κ3) is 2.04. The Kier molecular flexibility index (Phi) is 3.05. The maximum absolute atomic E-state index is 9.09. The Hall–Kier alpha value is -0.900. The molecule has 0 radical (unpaired) electrons. The summed E-state index contributed by atoms with van der Waals surface area (Å²) in [4.78, 5) is 5.28. The number of nitrogens with zero attached hydrogens (tertiary/aromatic N) is 1. The molecule has 1 aromatic carbocycles. The fourth-order valence-electron chi connectivity index (χ4n) is 1.32. The molecule has 15 heavy (non-hydrogen) atoms. The number of aliphatic hydroxyl groups is 1. The summed E-state index contributed by atoms with van der Waals surface area (Å²) >= 11 is 7.55. The van der Waals surface area contributed by atoms with E-state index in [1.165, 1.54) is 11.3 Å². The summed E-state index contributed by atoms with van der Waals surface area (Å²) < 4.78 is 0. The maximum Gasteiger partial charge on any atom is 0.125 e. The topological polar surface area (TPSA) is 33.1 Å². The van der Waals surface area contributed by atoms with Crippen LogP contribution < -0.4 is 0 Å². The Bertz CT molecular complexity index is 481. The van der Waals surface area contributed by atoms with Gasteiger partial charge in [-0.25, -0.2) is 4.98 Å². The van der Waals surface area contributed by atoms with E-state index >= 15 is 0 Å². The standard InChI is InChI=1S/C11H10ClNOS/c1-7-10(6-14)15-11(13-7)8-4-2-3-5-9(8)12/h2-5,14H,6H2,1H3. The highest BCUT2D eigenvalue weighted by Crippen LogP contribution is 2.32. The van der Waals surface area contributed by atoms with Gasteiger partial charge in [0.15, 0.2) is 0 Å². The fourth-order valence-corrected chi connectivity index (χ4v) is 2.57. The molecule has 0 aliphatic heterocycles. The smallest absolute Gasteiger partial charge is 0.125 e. The zero-order chi connectivity index (χ0) is 10.8. The number of aromatic nitrogens is 1. The zero-order valence-corrected chi connectivity index (χ0v) is 9.77. The number of thiazole rings is 1. The molecule has 1 heterocycles. The van der Waals surface area contributed by atoms with E-state index in [4.69, 9.17) is 16.7 Å². The molecule has 1 aromatic heterocycles. The number of hydrogen-bond donors (Lipinski definition) is 1. The number of rotatable bonds is 2. The number of benzene rings is 1. The molecule has 0 atom stereocenters. The molecule has 0 saturated carbocycles. The van der Waals surface area contributed by atoms with Crippen LogP contribution in [0.25, 0.3) is 10.6 Å². The third-order valence-electron chi connectivity index (χ3n) is 2.14. The minimum Gasteiger partial charge on any atom is -0.391 e. The average molecular weight is 240 g/mol. The third-order valence-corrected chi connectivity index (χ3v) is 3.65. The molecule has 0 unspecified atom stereocenters. The van der Waals surface area contributed by atoms with Crippen molar-refractivity contribution in [1.82, 2.24) is 4.98 Å². The van der Waals surface area contributed by atoms with E-state index < -0.39 is 0 Å². The molecular formula is C11H10ClNOS. The number of hydrogen-bond acceptors (Lipinski definition) is 3. The summed E-state index contributed by atoms with van der Waals surface area (Å²) in [6.45, 7) is 1.93. The molecule has 0 amide bonds. The minimum atomic E-state index is 0.0357. The van der Waals surface area contributed by atoms with Gasteiger partial charge in [0, 0.05) is 5.56 Å². The van der Waals surface area contributed by atoms with Crippen molar-refractivity contribution in [3.8, 4) is 10.6 Å². The van der Waals surface area contributed by atoms with Gasteiger partial charge in [-0.15, -0.1) is 11.3 Å². The van der Waals surface area contributed by atoms with Crippen molar-refractivity contribution < 1.29 is 5.11 Å². The highest BCUT2D eigenvalue weighted by molar-refractivity contribution is 7.15. The number of halogens is 1. The summed E-state index contributed by atoms with van der Waals surface area (Å²) in [6, 6.07) is 7.59. The van der Waals surface area contributed by atoms with Crippen LogP contribution in [0, 0.1) is 6.92 Å². The molecule has 2 rings (SSSR count). The van der Waals surface area contributed by atoms with E-state index in [2.05, 4.69) is 4.98 Å². The summed E-state index contributed by atoms with van der Waals surface area (Å²) in [5.74, 6) is 0. The Labute approximate surface area is 97.2 Å². The van der Waals surface area contributed by atoms with Gasteiger partial charge in [-0.05, 0) is 13.0 Å². The van der Waals surface area contributed by atoms with E-state index in [9.17, 15) is 0 Å². The van der Waals surface area contributed by atoms with Crippen LogP contribution in [-0.2, 0) is 6.61 Å². The first kappa shape index (κ1) is 10.6. The van der Waals surface area contributed by atoms with Gasteiger partial charge in [-0.2, -0.15) is 0 Å². The lowest BCUT2D eigenvalue weighted by Gasteiger charge is -1.97. The monoisotopic (exact) mass is 239 g/mol. The SMILES string of the molecule is Cc1nc(-c2ccccc2Cl)sc1CO. The molecule has 0 saturated heterocycles. The molecule has 0 bridgehead atoms. The van der Waals surface area contributed by atoms with Gasteiger partial charge in [0.2, 0.25) is 0 Å². The predicted octanol–water partition coefficient (Wildman–Crippen LogP) is 3.26. The second-order valence-corrected chi connectivity index (χ2v) is 4.66. The minimum absolute atomic E-state index is 0.0357. The van der Waals surface area contributed by atoms with Crippen molar-refractivity contribution in [2.75, 3.05) is 0 Å². The van der Waals surface area contributed by atoms with Gasteiger partial charge in [-0.3, -0.25) is 0 Å². The first-order chi connectivity index (χ1) is 7.22. The Morgan fingerprint density at radius 3 is 2.73 bits per heavy atom. The molecule has 1 N–H and O–H groups in total. The van der Waals surface area contributed by atoms with E-state index in [0.717, 1.165) is 21.1 Å². The van der Waals surface area contributed by atoms with Crippen molar-refractivity contribution in [2.24, 2.45) is 0 Å². The highest BCUT2D eigenvalue weighted by atomic mass is 35.5. The van der Waals surface area contributed by atoms with Crippen LogP contribution in [0.2, 0.25) is 5.02 Å². The number of aliphatic hydroxyl groups excluding tert-OH is 1. The first-order valence-corrected chi connectivity index (χ1v) is 5.74. The van der Waals surface area contributed by atoms with Crippen LogP contribution in [0.3, 0.4) is 0 Å².